The van der Waals surface area contributed by atoms with Crippen LogP contribution in [0.15, 0.2) is 47.2 Å². The second-order valence-corrected chi connectivity index (χ2v) is 4.58. The topological polar surface area (TPSA) is 77.8 Å². The fourth-order valence-electron chi connectivity index (χ4n) is 1.99. The summed E-state index contributed by atoms with van der Waals surface area (Å²) in [6.07, 6.45) is 4.00. The molecule has 0 aliphatic carbocycles. The summed E-state index contributed by atoms with van der Waals surface area (Å²) < 4.78 is 5.29. The number of anilines is 1. The molecule has 0 saturated heterocycles. The van der Waals surface area contributed by atoms with Crippen LogP contribution in [0, 0.1) is 6.92 Å². The highest BCUT2D eigenvalue weighted by Gasteiger charge is 2.12. The molecule has 2 N–H and O–H groups in total. The number of nitrogens with zero attached hydrogens (tertiary/aromatic N) is 3. The van der Waals surface area contributed by atoms with Gasteiger partial charge in [0.05, 0.1) is 6.42 Å². The lowest BCUT2D eigenvalue weighted by atomic mass is 10.1. The van der Waals surface area contributed by atoms with Gasteiger partial charge in [-0.3, -0.25) is 4.98 Å². The van der Waals surface area contributed by atoms with Crippen LogP contribution in [0.4, 0.5) is 5.69 Å². The number of pyridine rings is 1. The van der Waals surface area contributed by atoms with Crippen molar-refractivity contribution in [2.24, 2.45) is 0 Å². The molecule has 100 valence electrons. The maximum absolute atomic E-state index is 5.91. The van der Waals surface area contributed by atoms with E-state index in [1.807, 2.05) is 37.3 Å². The summed E-state index contributed by atoms with van der Waals surface area (Å²) in [7, 11) is 0. The Kier molecular flexibility index (Phi) is 3.16. The van der Waals surface area contributed by atoms with E-state index in [2.05, 4.69) is 15.1 Å². The van der Waals surface area contributed by atoms with Gasteiger partial charge in [-0.25, -0.2) is 0 Å². The summed E-state index contributed by atoms with van der Waals surface area (Å²) in [5.41, 5.74) is 9.55. The molecule has 3 rings (SSSR count). The zero-order chi connectivity index (χ0) is 13.9. The van der Waals surface area contributed by atoms with Gasteiger partial charge in [-0.1, -0.05) is 23.4 Å². The summed E-state index contributed by atoms with van der Waals surface area (Å²) in [6.45, 7) is 1.99. The first kappa shape index (κ1) is 12.3. The largest absolute Gasteiger partial charge is 0.398 e. The summed E-state index contributed by atoms with van der Waals surface area (Å²) in [6, 6.07) is 9.57. The lowest BCUT2D eigenvalue weighted by Gasteiger charge is -2.00. The SMILES string of the molecule is Cc1ccncc1-c1noc(Cc2ccccc2N)n1. The van der Waals surface area contributed by atoms with Gasteiger partial charge >= 0.3 is 0 Å². The van der Waals surface area contributed by atoms with Crippen molar-refractivity contribution in [3.63, 3.8) is 0 Å². The second kappa shape index (κ2) is 5.13. The molecule has 5 heteroatoms. The van der Waals surface area contributed by atoms with Gasteiger partial charge in [0.25, 0.3) is 0 Å². The van der Waals surface area contributed by atoms with E-state index in [-0.39, 0.29) is 0 Å². The Hall–Kier alpha value is -2.69. The van der Waals surface area contributed by atoms with Crippen molar-refractivity contribution in [1.29, 1.82) is 0 Å². The molecule has 2 aromatic heterocycles. The predicted octanol–water partition coefficient (Wildman–Crippen LogP) is 2.61. The standard InChI is InChI=1S/C15H14N4O/c1-10-6-7-17-9-12(10)15-18-14(20-19-15)8-11-4-2-3-5-13(11)16/h2-7,9H,8,16H2,1H3. The molecule has 0 radical (unpaired) electrons. The summed E-state index contributed by atoms with van der Waals surface area (Å²) in [5, 5.41) is 4.01. The lowest BCUT2D eigenvalue weighted by Crippen LogP contribution is -1.95. The number of rotatable bonds is 3. The minimum absolute atomic E-state index is 0.527. The summed E-state index contributed by atoms with van der Waals surface area (Å²) in [5.74, 6) is 1.10. The van der Waals surface area contributed by atoms with Crippen molar-refractivity contribution >= 4 is 5.69 Å². The quantitative estimate of drug-likeness (QED) is 0.737. The fourth-order valence-corrected chi connectivity index (χ4v) is 1.99. The first-order chi connectivity index (χ1) is 9.74. The van der Waals surface area contributed by atoms with Gasteiger partial charge in [-0.2, -0.15) is 4.98 Å². The van der Waals surface area contributed by atoms with Crippen molar-refractivity contribution in [3.8, 4) is 11.4 Å². The molecule has 5 nitrogen and oxygen atoms in total. The fraction of sp³-hybridized carbons (Fsp3) is 0.133. The van der Waals surface area contributed by atoms with Crippen LogP contribution in [0.5, 0.6) is 0 Å². The van der Waals surface area contributed by atoms with E-state index in [1.54, 1.807) is 12.4 Å². The minimum atomic E-state index is 0.527. The average Bonchev–Trinajstić information content (AvgIpc) is 2.90. The molecule has 1 aromatic carbocycles. The Morgan fingerprint density at radius 1 is 1.20 bits per heavy atom. The van der Waals surface area contributed by atoms with Crippen LogP contribution in [0.1, 0.15) is 17.0 Å². The molecule has 2 heterocycles. The monoisotopic (exact) mass is 266 g/mol. The van der Waals surface area contributed by atoms with Crippen LogP contribution in [0.25, 0.3) is 11.4 Å². The predicted molar refractivity (Wildman–Crippen MR) is 75.9 cm³/mol. The molecule has 0 bridgehead atoms. The number of aryl methyl sites for hydroxylation is 1. The first-order valence-electron chi connectivity index (χ1n) is 6.31. The number of aromatic nitrogens is 3. The third-order valence-electron chi connectivity index (χ3n) is 3.14. The van der Waals surface area contributed by atoms with Crippen LogP contribution < -0.4 is 5.73 Å². The van der Waals surface area contributed by atoms with E-state index in [9.17, 15) is 0 Å². The van der Waals surface area contributed by atoms with Crippen molar-refractivity contribution in [3.05, 3.63) is 59.7 Å². The van der Waals surface area contributed by atoms with Gasteiger partial charge in [0, 0.05) is 23.6 Å². The molecule has 0 fully saturated rings. The first-order valence-corrected chi connectivity index (χ1v) is 6.31. The molecule has 0 saturated carbocycles. The number of nitrogens with two attached hydrogens (primary N) is 1. The maximum Gasteiger partial charge on any atom is 0.231 e. The van der Waals surface area contributed by atoms with E-state index >= 15 is 0 Å². The maximum atomic E-state index is 5.91. The highest BCUT2D eigenvalue weighted by molar-refractivity contribution is 5.57. The van der Waals surface area contributed by atoms with Crippen molar-refractivity contribution < 1.29 is 4.52 Å². The normalized spacial score (nSPS) is 10.7. The van der Waals surface area contributed by atoms with Crippen LogP contribution >= 0.6 is 0 Å². The molecule has 0 unspecified atom stereocenters. The number of hydrogen-bond donors (Lipinski definition) is 1. The van der Waals surface area contributed by atoms with E-state index < -0.39 is 0 Å². The van der Waals surface area contributed by atoms with Crippen LogP contribution in [0.3, 0.4) is 0 Å². The third kappa shape index (κ3) is 2.38. The van der Waals surface area contributed by atoms with Gasteiger partial charge in [0.15, 0.2) is 0 Å². The van der Waals surface area contributed by atoms with Crippen LogP contribution in [-0.4, -0.2) is 15.1 Å². The zero-order valence-corrected chi connectivity index (χ0v) is 11.1. The Balaban J connectivity index is 1.88. The summed E-state index contributed by atoms with van der Waals surface area (Å²) in [4.78, 5) is 8.49. The lowest BCUT2D eigenvalue weighted by molar-refractivity contribution is 0.386. The molecule has 0 aliphatic rings. The molecule has 0 aliphatic heterocycles. The average molecular weight is 266 g/mol. The Labute approximate surface area is 116 Å². The van der Waals surface area contributed by atoms with Gasteiger partial charge < -0.3 is 10.3 Å². The highest BCUT2D eigenvalue weighted by atomic mass is 16.5. The van der Waals surface area contributed by atoms with E-state index in [1.165, 1.54) is 0 Å². The van der Waals surface area contributed by atoms with Crippen molar-refractivity contribution in [2.75, 3.05) is 5.73 Å². The second-order valence-electron chi connectivity index (χ2n) is 4.58. The molecular weight excluding hydrogens is 252 g/mol. The van der Waals surface area contributed by atoms with E-state index in [0.29, 0.717) is 18.1 Å². The molecule has 0 spiro atoms. The van der Waals surface area contributed by atoms with Gasteiger partial charge in [-0.15, -0.1) is 0 Å². The Morgan fingerprint density at radius 3 is 2.85 bits per heavy atom. The van der Waals surface area contributed by atoms with Gasteiger partial charge in [0.2, 0.25) is 11.7 Å². The molecule has 3 aromatic rings. The number of benzene rings is 1. The third-order valence-corrected chi connectivity index (χ3v) is 3.14. The minimum Gasteiger partial charge on any atom is -0.398 e. The Morgan fingerprint density at radius 2 is 2.05 bits per heavy atom. The Bertz CT molecular complexity index is 736. The van der Waals surface area contributed by atoms with Crippen LogP contribution in [-0.2, 0) is 6.42 Å². The molecular formula is C15H14N4O. The van der Waals surface area contributed by atoms with Gasteiger partial charge in [0.1, 0.15) is 0 Å². The van der Waals surface area contributed by atoms with Crippen molar-refractivity contribution in [2.45, 2.75) is 13.3 Å². The van der Waals surface area contributed by atoms with Crippen molar-refractivity contribution in [1.82, 2.24) is 15.1 Å². The summed E-state index contributed by atoms with van der Waals surface area (Å²) >= 11 is 0. The van der Waals surface area contributed by atoms with Crippen LogP contribution in [0.2, 0.25) is 0 Å². The smallest absolute Gasteiger partial charge is 0.231 e. The highest BCUT2D eigenvalue weighted by Crippen LogP contribution is 2.20. The number of hydrogen-bond acceptors (Lipinski definition) is 5. The van der Waals surface area contributed by atoms with E-state index in [4.69, 9.17) is 10.3 Å². The molecule has 0 atom stereocenters. The van der Waals surface area contributed by atoms with Gasteiger partial charge in [-0.05, 0) is 30.2 Å². The molecule has 0 amide bonds. The number of para-hydroxylation sites is 1. The zero-order valence-electron chi connectivity index (χ0n) is 11.1. The van der Waals surface area contributed by atoms with E-state index in [0.717, 1.165) is 22.4 Å². The molecule has 20 heavy (non-hydrogen) atoms. The number of nitrogen functional groups attached to an aromatic ring is 1.